The molecule has 0 saturated heterocycles. The van der Waals surface area contributed by atoms with Gasteiger partial charge in [-0.05, 0) is 27.2 Å². The summed E-state index contributed by atoms with van der Waals surface area (Å²) < 4.78 is 4.85. The SMILES string of the molecule is CC(C)(CNc1nnns1)c1cc(Br)cs1. The Bertz CT molecular complexity index is 452. The number of thiophene rings is 1. The lowest BCUT2D eigenvalue weighted by atomic mass is 9.91. The number of hydrogen-bond acceptors (Lipinski definition) is 6. The molecule has 0 aliphatic heterocycles. The molecule has 0 saturated carbocycles. The highest BCUT2D eigenvalue weighted by Crippen LogP contribution is 2.31. The second-order valence-corrected chi connectivity index (χ2v) is 6.59. The van der Waals surface area contributed by atoms with Gasteiger partial charge in [0, 0.05) is 38.2 Å². The Hall–Kier alpha value is -0.530. The zero-order chi connectivity index (χ0) is 11.6. The van der Waals surface area contributed by atoms with Crippen molar-refractivity contribution in [3.05, 3.63) is 20.8 Å². The predicted octanol–water partition coefficient (Wildman–Crippen LogP) is 3.15. The Morgan fingerprint density at radius 2 is 2.31 bits per heavy atom. The Kier molecular flexibility index (Phi) is 3.56. The number of aromatic nitrogens is 3. The maximum absolute atomic E-state index is 3.86. The molecular formula is C9H11BrN4S2. The van der Waals surface area contributed by atoms with Crippen LogP contribution in [-0.2, 0) is 5.41 Å². The highest BCUT2D eigenvalue weighted by molar-refractivity contribution is 9.10. The van der Waals surface area contributed by atoms with Gasteiger partial charge in [0.2, 0.25) is 5.13 Å². The smallest absolute Gasteiger partial charge is 0.225 e. The molecule has 0 atom stereocenters. The number of nitrogens with one attached hydrogen (secondary N) is 1. The van der Waals surface area contributed by atoms with E-state index in [1.807, 2.05) is 0 Å². The van der Waals surface area contributed by atoms with Crippen molar-refractivity contribution in [3.63, 3.8) is 0 Å². The maximum Gasteiger partial charge on any atom is 0.225 e. The summed E-state index contributed by atoms with van der Waals surface area (Å²) in [5, 5.41) is 13.5. The van der Waals surface area contributed by atoms with E-state index in [0.29, 0.717) is 0 Å². The minimum atomic E-state index is 0.0718. The second-order valence-electron chi connectivity index (χ2n) is 4.03. The van der Waals surface area contributed by atoms with E-state index >= 15 is 0 Å². The van der Waals surface area contributed by atoms with Crippen molar-refractivity contribution in [3.8, 4) is 0 Å². The van der Waals surface area contributed by atoms with Crippen LogP contribution in [0.2, 0.25) is 0 Å². The van der Waals surface area contributed by atoms with E-state index in [1.54, 1.807) is 11.3 Å². The molecule has 0 aromatic carbocycles. The van der Waals surface area contributed by atoms with Gasteiger partial charge in [-0.3, -0.25) is 0 Å². The van der Waals surface area contributed by atoms with Crippen LogP contribution in [0.3, 0.4) is 0 Å². The van der Waals surface area contributed by atoms with Crippen molar-refractivity contribution >= 4 is 43.9 Å². The largest absolute Gasteiger partial charge is 0.358 e. The molecular weight excluding hydrogens is 308 g/mol. The number of nitrogens with zero attached hydrogens (tertiary/aromatic N) is 3. The molecule has 0 aliphatic carbocycles. The molecule has 4 nitrogen and oxygen atoms in total. The van der Waals surface area contributed by atoms with Crippen LogP contribution in [0.1, 0.15) is 18.7 Å². The standard InChI is InChI=1S/C9H11BrN4S2/c1-9(2,7-3-6(10)4-15-7)5-11-8-12-13-14-16-8/h3-4H,5H2,1-2H3,(H,11,12,14). The molecule has 16 heavy (non-hydrogen) atoms. The molecule has 0 radical (unpaired) electrons. The highest BCUT2D eigenvalue weighted by Gasteiger charge is 2.22. The van der Waals surface area contributed by atoms with E-state index in [-0.39, 0.29) is 5.41 Å². The van der Waals surface area contributed by atoms with Crippen molar-refractivity contribution in [1.29, 1.82) is 0 Å². The molecule has 1 N–H and O–H groups in total. The van der Waals surface area contributed by atoms with Crippen molar-refractivity contribution in [2.24, 2.45) is 0 Å². The normalized spacial score (nSPS) is 11.7. The quantitative estimate of drug-likeness (QED) is 0.940. The third-order valence-corrected chi connectivity index (χ3v) is 4.83. The first kappa shape index (κ1) is 11.9. The third kappa shape index (κ3) is 2.78. The van der Waals surface area contributed by atoms with Gasteiger partial charge in [0.25, 0.3) is 0 Å². The summed E-state index contributed by atoms with van der Waals surface area (Å²) in [6, 6.07) is 2.16. The highest BCUT2D eigenvalue weighted by atomic mass is 79.9. The Labute approximate surface area is 110 Å². The van der Waals surface area contributed by atoms with E-state index in [0.717, 1.165) is 16.1 Å². The van der Waals surface area contributed by atoms with Gasteiger partial charge < -0.3 is 5.32 Å². The van der Waals surface area contributed by atoms with Gasteiger partial charge in [-0.15, -0.1) is 11.3 Å². The average molecular weight is 319 g/mol. The van der Waals surface area contributed by atoms with Crippen molar-refractivity contribution in [1.82, 2.24) is 14.8 Å². The monoisotopic (exact) mass is 318 g/mol. The first-order chi connectivity index (χ1) is 7.58. The van der Waals surface area contributed by atoms with Gasteiger partial charge in [0.15, 0.2) is 0 Å². The van der Waals surface area contributed by atoms with E-state index < -0.39 is 0 Å². The van der Waals surface area contributed by atoms with Crippen LogP contribution in [0.4, 0.5) is 5.13 Å². The molecule has 0 spiro atoms. The van der Waals surface area contributed by atoms with E-state index in [1.165, 1.54) is 16.4 Å². The molecule has 7 heteroatoms. The van der Waals surface area contributed by atoms with Gasteiger partial charge >= 0.3 is 0 Å². The Morgan fingerprint density at radius 3 is 2.88 bits per heavy atom. The van der Waals surface area contributed by atoms with Gasteiger partial charge in [0.05, 0.1) is 0 Å². The number of rotatable bonds is 4. The number of halogens is 1. The molecule has 0 unspecified atom stereocenters. The predicted molar refractivity (Wildman–Crippen MR) is 71.2 cm³/mol. The Balaban J connectivity index is 2.02. The van der Waals surface area contributed by atoms with Crippen molar-refractivity contribution in [2.75, 3.05) is 11.9 Å². The molecule has 0 bridgehead atoms. The summed E-state index contributed by atoms with van der Waals surface area (Å²) in [6.07, 6.45) is 0. The van der Waals surface area contributed by atoms with E-state index in [2.05, 4.69) is 61.3 Å². The van der Waals surface area contributed by atoms with E-state index in [9.17, 15) is 0 Å². The van der Waals surface area contributed by atoms with Gasteiger partial charge in [-0.25, -0.2) is 0 Å². The van der Waals surface area contributed by atoms with Crippen LogP contribution >= 0.6 is 38.8 Å². The van der Waals surface area contributed by atoms with Gasteiger partial charge in [-0.1, -0.05) is 23.4 Å². The summed E-state index contributed by atoms with van der Waals surface area (Å²) in [5.74, 6) is 0. The van der Waals surface area contributed by atoms with E-state index in [4.69, 9.17) is 0 Å². The van der Waals surface area contributed by atoms with Crippen molar-refractivity contribution in [2.45, 2.75) is 19.3 Å². The maximum atomic E-state index is 3.86. The molecule has 86 valence electrons. The van der Waals surface area contributed by atoms with Crippen LogP contribution < -0.4 is 5.32 Å². The summed E-state index contributed by atoms with van der Waals surface area (Å²) in [7, 11) is 0. The fraction of sp³-hybridized carbons (Fsp3) is 0.444. The third-order valence-electron chi connectivity index (χ3n) is 2.22. The summed E-state index contributed by atoms with van der Waals surface area (Å²) in [5.41, 5.74) is 0.0718. The lowest BCUT2D eigenvalue weighted by molar-refractivity contribution is 0.568. The number of hydrogen-bond donors (Lipinski definition) is 1. The summed E-state index contributed by atoms with van der Waals surface area (Å²) in [4.78, 5) is 1.34. The fourth-order valence-electron chi connectivity index (χ4n) is 1.25. The van der Waals surface area contributed by atoms with Crippen molar-refractivity contribution < 1.29 is 0 Å². The molecule has 2 aromatic rings. The van der Waals surface area contributed by atoms with Crippen LogP contribution in [0.25, 0.3) is 0 Å². The molecule has 0 fully saturated rings. The first-order valence-electron chi connectivity index (χ1n) is 4.71. The average Bonchev–Trinajstić information content (AvgIpc) is 2.85. The fourth-order valence-corrected chi connectivity index (χ4v) is 3.17. The lowest BCUT2D eigenvalue weighted by Gasteiger charge is -2.23. The Morgan fingerprint density at radius 1 is 1.50 bits per heavy atom. The molecule has 0 amide bonds. The van der Waals surface area contributed by atoms with Crippen LogP contribution in [0.15, 0.2) is 15.9 Å². The topological polar surface area (TPSA) is 50.7 Å². The first-order valence-corrected chi connectivity index (χ1v) is 7.16. The summed E-state index contributed by atoms with van der Waals surface area (Å²) in [6.45, 7) is 5.22. The minimum absolute atomic E-state index is 0.0718. The second kappa shape index (κ2) is 4.77. The van der Waals surface area contributed by atoms with Crippen LogP contribution in [0, 0.1) is 0 Å². The van der Waals surface area contributed by atoms with Gasteiger partial charge in [0.1, 0.15) is 0 Å². The van der Waals surface area contributed by atoms with Crippen LogP contribution in [0.5, 0.6) is 0 Å². The zero-order valence-corrected chi connectivity index (χ0v) is 12.1. The molecule has 2 heterocycles. The summed E-state index contributed by atoms with van der Waals surface area (Å²) >= 11 is 6.51. The van der Waals surface area contributed by atoms with Gasteiger partial charge in [-0.2, -0.15) is 0 Å². The van der Waals surface area contributed by atoms with Crippen LogP contribution in [-0.4, -0.2) is 21.3 Å². The lowest BCUT2D eigenvalue weighted by Crippen LogP contribution is -2.26. The minimum Gasteiger partial charge on any atom is -0.358 e. The molecule has 2 rings (SSSR count). The zero-order valence-electron chi connectivity index (χ0n) is 8.90. The molecule has 2 aromatic heterocycles. The molecule has 0 aliphatic rings. The number of anilines is 1.